The van der Waals surface area contributed by atoms with Crippen LogP contribution >= 0.6 is 11.6 Å². The number of carbonyl (C=O) groups is 2. The molecular weight excluding hydrogens is 424 g/mol. The molecule has 0 aliphatic rings. The number of rotatable bonds is 19. The van der Waals surface area contributed by atoms with E-state index in [0.29, 0.717) is 23.8 Å². The van der Waals surface area contributed by atoms with E-state index < -0.39 is 0 Å². The van der Waals surface area contributed by atoms with Crippen LogP contribution in [0.1, 0.15) is 115 Å². The Morgan fingerprint density at radius 2 is 1.28 bits per heavy atom. The summed E-state index contributed by atoms with van der Waals surface area (Å²) in [7, 11) is 0. The molecule has 0 radical (unpaired) electrons. The van der Waals surface area contributed by atoms with Gasteiger partial charge in [0.05, 0.1) is 6.61 Å². The van der Waals surface area contributed by atoms with E-state index in [0.717, 1.165) is 18.4 Å². The zero-order valence-electron chi connectivity index (χ0n) is 20.3. The summed E-state index contributed by atoms with van der Waals surface area (Å²) in [5, 5.41) is 0.635. The number of benzene rings is 1. The average molecular weight is 467 g/mol. The van der Waals surface area contributed by atoms with Gasteiger partial charge in [0.15, 0.2) is 0 Å². The summed E-state index contributed by atoms with van der Waals surface area (Å²) in [4.78, 5) is 23.7. The Hall–Kier alpha value is -1.55. The molecule has 0 aliphatic carbocycles. The number of hydrogen-bond acceptors (Lipinski definition) is 4. The van der Waals surface area contributed by atoms with Gasteiger partial charge >= 0.3 is 11.9 Å². The second kappa shape index (κ2) is 19.0. The molecule has 32 heavy (non-hydrogen) atoms. The molecule has 0 aromatic heterocycles. The second-order valence-corrected chi connectivity index (χ2v) is 9.11. The zero-order valence-corrected chi connectivity index (χ0v) is 21.0. The standard InChI is InChI=1S/C27H43ClO4/c1-3-4-5-6-7-8-9-10-11-12-13-14-15-21-31-26(29)17-16-18-27(30)32-24-19-20-25(28)23(2)22-24/h19-20,22H,3-18,21H2,1-2H3. The summed E-state index contributed by atoms with van der Waals surface area (Å²) in [6, 6.07) is 5.09. The summed E-state index contributed by atoms with van der Waals surface area (Å²) in [6.07, 6.45) is 17.7. The van der Waals surface area contributed by atoms with Crippen molar-refractivity contribution in [2.24, 2.45) is 0 Å². The number of halogens is 1. The fourth-order valence-corrected chi connectivity index (χ4v) is 3.74. The van der Waals surface area contributed by atoms with Crippen molar-refractivity contribution < 1.29 is 19.1 Å². The number of ether oxygens (including phenoxy) is 2. The summed E-state index contributed by atoms with van der Waals surface area (Å²) >= 11 is 5.96. The number of unbranched alkanes of at least 4 members (excludes halogenated alkanes) is 12. The minimum Gasteiger partial charge on any atom is -0.466 e. The van der Waals surface area contributed by atoms with Gasteiger partial charge in [-0.2, -0.15) is 0 Å². The Bertz CT molecular complexity index is 645. The fourth-order valence-electron chi connectivity index (χ4n) is 3.62. The molecular formula is C27H43ClO4. The van der Waals surface area contributed by atoms with Crippen molar-refractivity contribution in [1.29, 1.82) is 0 Å². The molecule has 1 aromatic rings. The van der Waals surface area contributed by atoms with Gasteiger partial charge in [-0.3, -0.25) is 9.59 Å². The SMILES string of the molecule is CCCCCCCCCCCCCCCOC(=O)CCCC(=O)Oc1ccc(Cl)c(C)c1. The molecule has 1 rings (SSSR count). The second-order valence-electron chi connectivity index (χ2n) is 8.70. The van der Waals surface area contributed by atoms with Gasteiger partial charge in [-0.1, -0.05) is 95.6 Å². The van der Waals surface area contributed by atoms with Crippen molar-refractivity contribution in [2.45, 2.75) is 117 Å². The van der Waals surface area contributed by atoms with E-state index in [1.165, 1.54) is 70.6 Å². The third kappa shape index (κ3) is 15.3. The molecule has 0 atom stereocenters. The minimum absolute atomic E-state index is 0.190. The molecule has 0 aliphatic heterocycles. The van der Waals surface area contributed by atoms with Crippen molar-refractivity contribution >= 4 is 23.5 Å². The van der Waals surface area contributed by atoms with E-state index in [1.807, 2.05) is 6.92 Å². The van der Waals surface area contributed by atoms with Crippen LogP contribution in [0.5, 0.6) is 5.75 Å². The topological polar surface area (TPSA) is 52.6 Å². The van der Waals surface area contributed by atoms with Gasteiger partial charge < -0.3 is 9.47 Å². The summed E-state index contributed by atoms with van der Waals surface area (Å²) < 4.78 is 10.5. The van der Waals surface area contributed by atoms with Crippen molar-refractivity contribution in [3.05, 3.63) is 28.8 Å². The monoisotopic (exact) mass is 466 g/mol. The molecule has 0 amide bonds. The number of hydrogen-bond donors (Lipinski definition) is 0. The van der Waals surface area contributed by atoms with Crippen LogP contribution < -0.4 is 4.74 Å². The van der Waals surface area contributed by atoms with Crippen molar-refractivity contribution in [1.82, 2.24) is 0 Å². The molecule has 0 bridgehead atoms. The maximum absolute atomic E-state index is 11.9. The Kier molecular flexibility index (Phi) is 16.9. The molecule has 0 fully saturated rings. The maximum Gasteiger partial charge on any atom is 0.311 e. The van der Waals surface area contributed by atoms with Crippen LogP contribution in [0.2, 0.25) is 5.02 Å². The zero-order chi connectivity index (χ0) is 23.4. The minimum atomic E-state index is -0.351. The highest BCUT2D eigenvalue weighted by Gasteiger charge is 2.09. The fraction of sp³-hybridized carbons (Fsp3) is 0.704. The molecule has 0 heterocycles. The largest absolute Gasteiger partial charge is 0.466 e. The quantitative estimate of drug-likeness (QED) is 0.117. The van der Waals surface area contributed by atoms with Crippen molar-refractivity contribution in [3.63, 3.8) is 0 Å². The lowest BCUT2D eigenvalue weighted by Gasteiger charge is -2.07. The van der Waals surface area contributed by atoms with Gasteiger partial charge in [-0.15, -0.1) is 0 Å². The first-order chi connectivity index (χ1) is 15.5. The molecule has 0 unspecified atom stereocenters. The van der Waals surface area contributed by atoms with E-state index in [9.17, 15) is 9.59 Å². The maximum atomic E-state index is 11.9. The number of esters is 2. The molecule has 0 N–H and O–H groups in total. The van der Waals surface area contributed by atoms with E-state index in [2.05, 4.69) is 6.92 Å². The lowest BCUT2D eigenvalue weighted by molar-refractivity contribution is -0.144. The molecule has 4 nitrogen and oxygen atoms in total. The first-order valence-electron chi connectivity index (χ1n) is 12.7. The van der Waals surface area contributed by atoms with E-state index in [-0.39, 0.29) is 24.8 Å². The first-order valence-corrected chi connectivity index (χ1v) is 13.0. The third-order valence-corrected chi connectivity index (χ3v) is 6.06. The average Bonchev–Trinajstić information content (AvgIpc) is 2.76. The summed E-state index contributed by atoms with van der Waals surface area (Å²) in [5.41, 5.74) is 0.855. The Labute approximate surface area is 200 Å². The van der Waals surface area contributed by atoms with Gasteiger partial charge in [0.2, 0.25) is 0 Å². The Morgan fingerprint density at radius 1 is 0.750 bits per heavy atom. The van der Waals surface area contributed by atoms with Crippen LogP contribution in [-0.4, -0.2) is 18.5 Å². The molecule has 1 aromatic carbocycles. The normalized spacial score (nSPS) is 10.8. The van der Waals surface area contributed by atoms with Gasteiger partial charge in [-0.25, -0.2) is 0 Å². The summed E-state index contributed by atoms with van der Waals surface area (Å²) in [5.74, 6) is -0.114. The van der Waals surface area contributed by atoms with Gasteiger partial charge in [-0.05, 0) is 43.5 Å². The van der Waals surface area contributed by atoms with Crippen molar-refractivity contribution in [3.8, 4) is 5.75 Å². The highest BCUT2D eigenvalue weighted by molar-refractivity contribution is 6.31. The molecule has 5 heteroatoms. The highest BCUT2D eigenvalue weighted by atomic mass is 35.5. The van der Waals surface area contributed by atoms with E-state index in [4.69, 9.17) is 21.1 Å². The van der Waals surface area contributed by atoms with Gasteiger partial charge in [0, 0.05) is 17.9 Å². The van der Waals surface area contributed by atoms with Crippen LogP contribution in [0, 0.1) is 6.92 Å². The molecule has 0 saturated heterocycles. The van der Waals surface area contributed by atoms with Crippen LogP contribution in [0.4, 0.5) is 0 Å². The number of aryl methyl sites for hydroxylation is 1. The van der Waals surface area contributed by atoms with E-state index >= 15 is 0 Å². The predicted molar refractivity (Wildman–Crippen MR) is 132 cm³/mol. The number of carbonyl (C=O) groups excluding carboxylic acids is 2. The van der Waals surface area contributed by atoms with Crippen LogP contribution in [-0.2, 0) is 14.3 Å². The highest BCUT2D eigenvalue weighted by Crippen LogP contribution is 2.21. The first kappa shape index (κ1) is 28.5. The third-order valence-electron chi connectivity index (χ3n) is 5.63. The molecule has 0 spiro atoms. The van der Waals surface area contributed by atoms with Crippen LogP contribution in [0.3, 0.4) is 0 Å². The Balaban J connectivity index is 1.89. The van der Waals surface area contributed by atoms with Gasteiger partial charge in [0.1, 0.15) is 5.75 Å². The lowest BCUT2D eigenvalue weighted by atomic mass is 10.0. The molecule has 182 valence electrons. The van der Waals surface area contributed by atoms with Crippen LogP contribution in [0.25, 0.3) is 0 Å². The molecule has 0 saturated carbocycles. The Morgan fingerprint density at radius 3 is 1.84 bits per heavy atom. The van der Waals surface area contributed by atoms with Gasteiger partial charge in [0.25, 0.3) is 0 Å². The van der Waals surface area contributed by atoms with Crippen LogP contribution in [0.15, 0.2) is 18.2 Å². The summed E-state index contributed by atoms with van der Waals surface area (Å²) in [6.45, 7) is 4.59. The predicted octanol–water partition coefficient (Wildman–Crippen LogP) is 8.36. The van der Waals surface area contributed by atoms with Crippen molar-refractivity contribution in [2.75, 3.05) is 6.61 Å². The lowest BCUT2D eigenvalue weighted by Crippen LogP contribution is -2.10. The smallest absolute Gasteiger partial charge is 0.311 e. The van der Waals surface area contributed by atoms with E-state index in [1.54, 1.807) is 18.2 Å².